The Hall–Kier alpha value is -3.59. The summed E-state index contributed by atoms with van der Waals surface area (Å²) in [6.45, 7) is 3.17. The molecule has 3 heterocycles. The number of carbonyl (C=O) groups is 1. The molecular weight excluding hydrogens is 426 g/mol. The first-order valence-corrected chi connectivity index (χ1v) is 11.1. The molecule has 0 saturated carbocycles. The number of hydrogen-bond acceptors (Lipinski definition) is 6. The summed E-state index contributed by atoms with van der Waals surface area (Å²) in [5, 5.41) is 7.68. The molecule has 0 bridgehead atoms. The fourth-order valence-corrected chi connectivity index (χ4v) is 4.91. The van der Waals surface area contributed by atoms with Crippen LogP contribution in [0.5, 0.6) is 11.5 Å². The highest BCUT2D eigenvalue weighted by Crippen LogP contribution is 2.32. The van der Waals surface area contributed by atoms with Gasteiger partial charge in [0.1, 0.15) is 11.5 Å². The third kappa shape index (κ3) is 3.64. The maximum absolute atomic E-state index is 13.0. The van der Waals surface area contributed by atoms with Crippen LogP contribution in [0.3, 0.4) is 0 Å². The van der Waals surface area contributed by atoms with Gasteiger partial charge in [-0.05, 0) is 19.1 Å². The molecule has 1 aliphatic rings. The molecule has 2 aromatic carbocycles. The van der Waals surface area contributed by atoms with Crippen LogP contribution in [0.4, 0.5) is 10.5 Å². The monoisotopic (exact) mass is 449 g/mol. The first-order valence-electron chi connectivity index (χ1n) is 10.3. The van der Waals surface area contributed by atoms with Crippen LogP contribution in [0.1, 0.15) is 16.1 Å². The first kappa shape index (κ1) is 20.3. The number of fused-ring (bicyclic) bond motifs is 3. The summed E-state index contributed by atoms with van der Waals surface area (Å²) >= 11 is 1.58. The van der Waals surface area contributed by atoms with Crippen LogP contribution in [0.15, 0.2) is 42.5 Å². The van der Waals surface area contributed by atoms with Gasteiger partial charge in [-0.2, -0.15) is 4.98 Å². The van der Waals surface area contributed by atoms with Crippen LogP contribution < -0.4 is 14.8 Å². The molecule has 0 saturated heterocycles. The van der Waals surface area contributed by atoms with Crippen molar-refractivity contribution in [3.8, 4) is 22.9 Å². The van der Waals surface area contributed by atoms with Gasteiger partial charge in [0.25, 0.3) is 0 Å². The maximum Gasteiger partial charge on any atom is 0.322 e. The zero-order chi connectivity index (χ0) is 22.2. The molecule has 8 nitrogen and oxygen atoms in total. The molecule has 0 unspecified atom stereocenters. The molecule has 0 radical (unpaired) electrons. The summed E-state index contributed by atoms with van der Waals surface area (Å²) in [6, 6.07) is 13.3. The van der Waals surface area contributed by atoms with Crippen LogP contribution in [0, 0.1) is 6.92 Å². The summed E-state index contributed by atoms with van der Waals surface area (Å²) in [5.41, 5.74) is 3.91. The fraction of sp³-hybridized carbons (Fsp3) is 0.261. The molecule has 1 aliphatic heterocycles. The summed E-state index contributed by atoms with van der Waals surface area (Å²) in [6.07, 6.45) is 0.717. The number of carbonyl (C=O) groups excluding carboxylic acids is 1. The molecule has 164 valence electrons. The predicted octanol–water partition coefficient (Wildman–Crippen LogP) is 4.37. The van der Waals surface area contributed by atoms with Crippen molar-refractivity contribution in [1.29, 1.82) is 0 Å². The highest BCUT2D eigenvalue weighted by atomic mass is 32.1. The lowest BCUT2D eigenvalue weighted by Crippen LogP contribution is -2.38. The molecule has 32 heavy (non-hydrogen) atoms. The zero-order valence-electron chi connectivity index (χ0n) is 18.1. The van der Waals surface area contributed by atoms with Crippen LogP contribution in [0.2, 0.25) is 0 Å². The lowest BCUT2D eigenvalue weighted by Gasteiger charge is -2.27. The Morgan fingerprint density at radius 3 is 2.69 bits per heavy atom. The van der Waals surface area contributed by atoms with Crippen molar-refractivity contribution < 1.29 is 14.3 Å². The minimum atomic E-state index is -0.179. The molecule has 4 aromatic rings. The number of amides is 2. The van der Waals surface area contributed by atoms with Crippen LogP contribution in [0.25, 0.3) is 16.3 Å². The third-order valence-electron chi connectivity index (χ3n) is 5.57. The van der Waals surface area contributed by atoms with E-state index in [0.717, 1.165) is 26.9 Å². The molecule has 2 amide bonds. The molecule has 0 atom stereocenters. The highest BCUT2D eigenvalue weighted by molar-refractivity contribution is 7.17. The summed E-state index contributed by atoms with van der Waals surface area (Å²) in [4.78, 5) is 21.4. The van der Waals surface area contributed by atoms with E-state index >= 15 is 0 Å². The Morgan fingerprint density at radius 2 is 1.94 bits per heavy atom. The van der Waals surface area contributed by atoms with E-state index in [1.54, 1.807) is 48.7 Å². The number of methoxy groups -OCH3 is 2. The van der Waals surface area contributed by atoms with E-state index in [2.05, 4.69) is 24.4 Å². The molecule has 9 heteroatoms. The second kappa shape index (κ2) is 8.16. The first-order chi connectivity index (χ1) is 15.6. The average Bonchev–Trinajstić information content (AvgIpc) is 3.37. The van der Waals surface area contributed by atoms with E-state index in [0.29, 0.717) is 36.7 Å². The Bertz CT molecular complexity index is 1300. The second-order valence-corrected chi connectivity index (χ2v) is 8.70. The van der Waals surface area contributed by atoms with Crippen molar-refractivity contribution in [2.24, 2.45) is 0 Å². The molecule has 1 N–H and O–H groups in total. The number of nitrogens with zero attached hydrogens (tertiary/aromatic N) is 4. The van der Waals surface area contributed by atoms with Gasteiger partial charge in [0.05, 0.1) is 32.1 Å². The quantitative estimate of drug-likeness (QED) is 0.500. The largest absolute Gasteiger partial charge is 0.497 e. The zero-order valence-corrected chi connectivity index (χ0v) is 18.9. The van der Waals surface area contributed by atoms with Crippen LogP contribution in [-0.4, -0.2) is 46.3 Å². The number of aryl methyl sites for hydroxylation is 1. The number of urea groups is 1. The van der Waals surface area contributed by atoms with Gasteiger partial charge in [-0.15, -0.1) is 5.10 Å². The van der Waals surface area contributed by atoms with Crippen molar-refractivity contribution in [2.45, 2.75) is 19.9 Å². The minimum Gasteiger partial charge on any atom is -0.497 e. The van der Waals surface area contributed by atoms with Gasteiger partial charge >= 0.3 is 6.03 Å². The van der Waals surface area contributed by atoms with Crippen LogP contribution in [-0.2, 0) is 13.0 Å². The summed E-state index contributed by atoms with van der Waals surface area (Å²) in [7, 11) is 3.16. The van der Waals surface area contributed by atoms with E-state index in [9.17, 15) is 4.79 Å². The number of nitrogens with one attached hydrogen (secondary N) is 1. The number of thiazole rings is 1. The molecule has 0 spiro atoms. The van der Waals surface area contributed by atoms with E-state index in [1.165, 1.54) is 5.56 Å². The van der Waals surface area contributed by atoms with Gasteiger partial charge in [0.2, 0.25) is 4.96 Å². The second-order valence-electron chi connectivity index (χ2n) is 7.64. The fourth-order valence-electron chi connectivity index (χ4n) is 3.79. The maximum atomic E-state index is 13.0. The van der Waals surface area contributed by atoms with E-state index < -0.39 is 0 Å². The number of anilines is 1. The molecule has 0 fully saturated rings. The smallest absolute Gasteiger partial charge is 0.322 e. The number of hydrogen-bond donors (Lipinski definition) is 1. The minimum absolute atomic E-state index is 0.179. The van der Waals surface area contributed by atoms with E-state index in [1.807, 2.05) is 16.6 Å². The molecular formula is C23H23N5O3S. The van der Waals surface area contributed by atoms with E-state index in [4.69, 9.17) is 19.6 Å². The summed E-state index contributed by atoms with van der Waals surface area (Å²) < 4.78 is 12.6. The van der Waals surface area contributed by atoms with Gasteiger partial charge in [-0.3, -0.25) is 0 Å². The Morgan fingerprint density at radius 1 is 1.12 bits per heavy atom. The summed E-state index contributed by atoms with van der Waals surface area (Å²) in [5.74, 6) is 1.96. The SMILES string of the molecule is COc1ccc(OC)c(NC(=O)N2CCc3c(sc4nc(-c5ccc(C)cc5)nn34)C2)c1. The van der Waals surface area contributed by atoms with Gasteiger partial charge < -0.3 is 19.7 Å². The number of rotatable bonds is 4. The highest BCUT2D eigenvalue weighted by Gasteiger charge is 2.27. The lowest BCUT2D eigenvalue weighted by molar-refractivity contribution is 0.206. The van der Waals surface area contributed by atoms with Gasteiger partial charge in [0.15, 0.2) is 5.82 Å². The molecule has 5 rings (SSSR count). The van der Waals surface area contributed by atoms with Crippen molar-refractivity contribution in [3.63, 3.8) is 0 Å². The Labute approximate surface area is 189 Å². The van der Waals surface area contributed by atoms with Gasteiger partial charge in [-0.25, -0.2) is 9.31 Å². The average molecular weight is 450 g/mol. The molecule has 2 aromatic heterocycles. The lowest BCUT2D eigenvalue weighted by atomic mass is 10.1. The number of aromatic nitrogens is 3. The topological polar surface area (TPSA) is 81.0 Å². The van der Waals surface area contributed by atoms with Crippen molar-refractivity contribution in [3.05, 3.63) is 58.6 Å². The molecule has 0 aliphatic carbocycles. The standard InChI is InChI=1S/C23H23N5O3S/c1-14-4-6-15(7-5-14)21-25-23-28(26-21)18-10-11-27(13-20(18)32-23)22(29)24-17-12-16(30-2)8-9-19(17)31-3/h4-9,12H,10-11,13H2,1-3H3,(H,24,29). The third-order valence-corrected chi connectivity index (χ3v) is 6.63. The Kier molecular flexibility index (Phi) is 5.18. The van der Waals surface area contributed by atoms with E-state index in [-0.39, 0.29) is 6.03 Å². The normalized spacial score (nSPS) is 13.2. The van der Waals surface area contributed by atoms with Crippen molar-refractivity contribution in [2.75, 3.05) is 26.1 Å². The number of ether oxygens (including phenoxy) is 2. The van der Waals surface area contributed by atoms with Gasteiger partial charge in [-0.1, -0.05) is 41.2 Å². The van der Waals surface area contributed by atoms with Gasteiger partial charge in [0, 0.05) is 29.5 Å². The van der Waals surface area contributed by atoms with Crippen molar-refractivity contribution >= 4 is 28.0 Å². The van der Waals surface area contributed by atoms with Crippen molar-refractivity contribution in [1.82, 2.24) is 19.5 Å². The van der Waals surface area contributed by atoms with Crippen LogP contribution >= 0.6 is 11.3 Å². The number of benzene rings is 2. The Balaban J connectivity index is 1.35. The predicted molar refractivity (Wildman–Crippen MR) is 124 cm³/mol.